The van der Waals surface area contributed by atoms with E-state index < -0.39 is 0 Å². The summed E-state index contributed by atoms with van der Waals surface area (Å²) in [5.74, 6) is 1.10. The molecule has 1 aromatic heterocycles. The monoisotopic (exact) mass is 227 g/mol. The number of nitrogens with one attached hydrogen (secondary N) is 1. The zero-order valence-corrected chi connectivity index (χ0v) is 10.1. The van der Waals surface area contributed by atoms with Crippen LogP contribution in [0.1, 0.15) is 36.5 Å². The van der Waals surface area contributed by atoms with Gasteiger partial charge in [0.15, 0.2) is 5.78 Å². The highest BCUT2D eigenvalue weighted by molar-refractivity contribution is 6.09. The Kier molecular flexibility index (Phi) is 2.50. The molecule has 2 atom stereocenters. The van der Waals surface area contributed by atoms with E-state index in [1.54, 1.807) is 0 Å². The lowest BCUT2D eigenvalue weighted by molar-refractivity contribution is 0.0899. The zero-order valence-electron chi connectivity index (χ0n) is 10.1. The number of carbonyl (C=O) groups excluding carboxylic acids is 1. The molecule has 1 heterocycles. The van der Waals surface area contributed by atoms with Gasteiger partial charge in [-0.2, -0.15) is 0 Å². The van der Waals surface area contributed by atoms with Gasteiger partial charge in [-0.1, -0.05) is 31.5 Å². The molecule has 17 heavy (non-hydrogen) atoms. The van der Waals surface area contributed by atoms with E-state index in [1.165, 1.54) is 12.8 Å². The molecule has 3 rings (SSSR count). The molecule has 2 heteroatoms. The highest BCUT2D eigenvalue weighted by Crippen LogP contribution is 2.35. The predicted octanol–water partition coefficient (Wildman–Crippen LogP) is 3.79. The van der Waals surface area contributed by atoms with Crippen molar-refractivity contribution in [3.8, 4) is 0 Å². The number of benzene rings is 1. The molecule has 1 aliphatic carbocycles. The van der Waals surface area contributed by atoms with E-state index in [9.17, 15) is 4.79 Å². The van der Waals surface area contributed by atoms with Crippen LogP contribution in [0.2, 0.25) is 0 Å². The number of H-pyrrole nitrogens is 1. The Morgan fingerprint density at radius 3 is 2.88 bits per heavy atom. The lowest BCUT2D eigenvalue weighted by atomic mass is 9.89. The van der Waals surface area contributed by atoms with Crippen molar-refractivity contribution in [3.05, 3.63) is 36.0 Å². The molecule has 0 amide bonds. The number of hydrogen-bond acceptors (Lipinski definition) is 1. The van der Waals surface area contributed by atoms with Gasteiger partial charge in [-0.25, -0.2) is 0 Å². The van der Waals surface area contributed by atoms with Crippen molar-refractivity contribution in [3.63, 3.8) is 0 Å². The third-order valence-electron chi connectivity index (χ3n) is 4.05. The van der Waals surface area contributed by atoms with E-state index in [2.05, 4.69) is 11.9 Å². The first-order valence-corrected chi connectivity index (χ1v) is 6.37. The molecule has 1 fully saturated rings. The topological polar surface area (TPSA) is 32.9 Å². The third-order valence-corrected chi connectivity index (χ3v) is 4.05. The van der Waals surface area contributed by atoms with E-state index in [1.807, 2.05) is 30.5 Å². The molecule has 1 N–H and O–H groups in total. The van der Waals surface area contributed by atoms with Gasteiger partial charge in [0.1, 0.15) is 0 Å². The van der Waals surface area contributed by atoms with Crippen LogP contribution in [0.3, 0.4) is 0 Å². The van der Waals surface area contributed by atoms with Gasteiger partial charge in [0.25, 0.3) is 0 Å². The minimum atomic E-state index is 0.231. The quantitative estimate of drug-likeness (QED) is 0.778. The van der Waals surface area contributed by atoms with Crippen LogP contribution in [0.25, 0.3) is 10.9 Å². The van der Waals surface area contributed by atoms with Crippen molar-refractivity contribution >= 4 is 16.7 Å². The summed E-state index contributed by atoms with van der Waals surface area (Å²) in [4.78, 5) is 15.7. The SMILES string of the molecule is CC1CCC[C@@H]1C(=O)c1c[nH]c2ccccc12. The maximum Gasteiger partial charge on any atom is 0.168 e. The summed E-state index contributed by atoms with van der Waals surface area (Å²) in [5.41, 5.74) is 1.93. The van der Waals surface area contributed by atoms with E-state index in [0.29, 0.717) is 11.7 Å². The fourth-order valence-electron chi connectivity index (χ4n) is 3.01. The van der Waals surface area contributed by atoms with Crippen molar-refractivity contribution in [1.82, 2.24) is 4.98 Å². The molecule has 1 saturated carbocycles. The number of ketones is 1. The predicted molar refractivity (Wildman–Crippen MR) is 69.1 cm³/mol. The molecule has 2 aromatic rings. The van der Waals surface area contributed by atoms with Gasteiger partial charge in [0.05, 0.1) is 0 Å². The smallest absolute Gasteiger partial charge is 0.168 e. The summed E-state index contributed by atoms with van der Waals surface area (Å²) >= 11 is 0. The molecule has 2 nitrogen and oxygen atoms in total. The third kappa shape index (κ3) is 1.68. The number of fused-ring (bicyclic) bond motifs is 1. The van der Waals surface area contributed by atoms with E-state index in [0.717, 1.165) is 22.9 Å². The Hall–Kier alpha value is -1.57. The first-order chi connectivity index (χ1) is 8.27. The highest BCUT2D eigenvalue weighted by Gasteiger charge is 2.31. The normalized spacial score (nSPS) is 24.3. The van der Waals surface area contributed by atoms with Gasteiger partial charge < -0.3 is 4.98 Å². The van der Waals surface area contributed by atoms with Gasteiger partial charge >= 0.3 is 0 Å². The number of rotatable bonds is 2. The molecule has 0 radical (unpaired) electrons. The highest BCUT2D eigenvalue weighted by atomic mass is 16.1. The summed E-state index contributed by atoms with van der Waals surface area (Å²) in [6.45, 7) is 2.20. The van der Waals surface area contributed by atoms with Crippen LogP contribution in [0, 0.1) is 11.8 Å². The molecular formula is C15H17NO. The van der Waals surface area contributed by atoms with E-state index in [4.69, 9.17) is 0 Å². The molecule has 0 bridgehead atoms. The van der Waals surface area contributed by atoms with Gasteiger partial charge in [-0.3, -0.25) is 4.79 Å². The second-order valence-electron chi connectivity index (χ2n) is 5.13. The fraction of sp³-hybridized carbons (Fsp3) is 0.400. The lowest BCUT2D eigenvalue weighted by Crippen LogP contribution is -2.16. The van der Waals surface area contributed by atoms with Crippen molar-refractivity contribution in [2.24, 2.45) is 11.8 Å². The minimum Gasteiger partial charge on any atom is -0.360 e. The van der Waals surface area contributed by atoms with Crippen molar-refractivity contribution in [2.45, 2.75) is 26.2 Å². The van der Waals surface area contributed by atoms with Gasteiger partial charge in [0.2, 0.25) is 0 Å². The first kappa shape index (κ1) is 10.6. The molecule has 0 spiro atoms. The van der Waals surface area contributed by atoms with Gasteiger partial charge in [-0.15, -0.1) is 0 Å². The summed E-state index contributed by atoms with van der Waals surface area (Å²) in [7, 11) is 0. The molecule has 1 aliphatic rings. The summed E-state index contributed by atoms with van der Waals surface area (Å²) in [6, 6.07) is 8.03. The molecule has 0 saturated heterocycles. The van der Waals surface area contributed by atoms with Gasteiger partial charge in [-0.05, 0) is 24.8 Å². The minimum absolute atomic E-state index is 0.231. The van der Waals surface area contributed by atoms with Crippen LogP contribution >= 0.6 is 0 Å². The number of aromatic amines is 1. The molecule has 1 unspecified atom stereocenters. The van der Waals surface area contributed by atoms with Crippen LogP contribution in [-0.4, -0.2) is 10.8 Å². The number of carbonyl (C=O) groups is 1. The molecule has 0 aliphatic heterocycles. The average Bonchev–Trinajstić information content (AvgIpc) is 2.94. The Bertz CT molecular complexity index is 555. The second kappa shape index (κ2) is 4.02. The number of para-hydroxylation sites is 1. The largest absolute Gasteiger partial charge is 0.360 e. The Morgan fingerprint density at radius 2 is 2.12 bits per heavy atom. The van der Waals surface area contributed by atoms with E-state index in [-0.39, 0.29) is 5.92 Å². The summed E-state index contributed by atoms with van der Waals surface area (Å²) in [6.07, 6.45) is 5.32. The van der Waals surface area contributed by atoms with Crippen LogP contribution in [0.5, 0.6) is 0 Å². The average molecular weight is 227 g/mol. The van der Waals surface area contributed by atoms with Crippen LogP contribution < -0.4 is 0 Å². The number of Topliss-reactive ketones (excluding diaryl/α,β-unsaturated/α-hetero) is 1. The van der Waals surface area contributed by atoms with Gasteiger partial charge in [0, 0.05) is 28.6 Å². The Balaban J connectivity index is 2.01. The number of hydrogen-bond donors (Lipinski definition) is 1. The first-order valence-electron chi connectivity index (χ1n) is 6.37. The maximum absolute atomic E-state index is 12.5. The second-order valence-corrected chi connectivity index (χ2v) is 5.13. The summed E-state index contributed by atoms with van der Waals surface area (Å²) in [5, 5.41) is 1.07. The Labute approximate surface area is 101 Å². The fourth-order valence-corrected chi connectivity index (χ4v) is 3.01. The standard InChI is InChI=1S/C15H17NO/c1-10-5-4-7-11(10)15(17)13-9-16-14-8-3-2-6-12(13)14/h2-3,6,8-11,16H,4-5,7H2,1H3/t10?,11-/m0/s1. The molecule has 1 aromatic carbocycles. The van der Waals surface area contributed by atoms with Crippen LogP contribution in [0.15, 0.2) is 30.5 Å². The molecule has 88 valence electrons. The zero-order chi connectivity index (χ0) is 11.8. The molecular weight excluding hydrogens is 210 g/mol. The van der Waals surface area contributed by atoms with Crippen molar-refractivity contribution in [1.29, 1.82) is 0 Å². The summed E-state index contributed by atoms with van der Waals surface area (Å²) < 4.78 is 0. The maximum atomic E-state index is 12.5. The lowest BCUT2D eigenvalue weighted by Gasteiger charge is -2.13. The van der Waals surface area contributed by atoms with Crippen molar-refractivity contribution in [2.75, 3.05) is 0 Å². The number of aromatic nitrogens is 1. The van der Waals surface area contributed by atoms with Crippen LogP contribution in [-0.2, 0) is 0 Å². The van der Waals surface area contributed by atoms with E-state index >= 15 is 0 Å². The van der Waals surface area contributed by atoms with Crippen LogP contribution in [0.4, 0.5) is 0 Å². The Morgan fingerprint density at radius 1 is 1.29 bits per heavy atom. The van der Waals surface area contributed by atoms with Crippen molar-refractivity contribution < 1.29 is 4.79 Å².